The average Bonchev–Trinajstić information content (AvgIpc) is 3.33. The molecule has 2 nitrogen and oxygen atoms in total. The zero-order chi connectivity index (χ0) is 19.2. The minimum absolute atomic E-state index is 0.0271. The fourth-order valence-corrected chi connectivity index (χ4v) is 3.77. The quantitative estimate of drug-likeness (QED) is 0.307. The van der Waals surface area contributed by atoms with Gasteiger partial charge in [-0.05, 0) is 73.8 Å². The summed E-state index contributed by atoms with van der Waals surface area (Å²) in [5, 5.41) is 20.3. The second-order valence-corrected chi connectivity index (χ2v) is 9.67. The Bertz CT molecular complexity index is 570. The lowest BCUT2D eigenvalue weighted by atomic mass is 9.84. The molecule has 0 bridgehead atoms. The summed E-state index contributed by atoms with van der Waals surface area (Å²) in [6.45, 7) is 9.31. The molecular formula is C24H40O2. The van der Waals surface area contributed by atoms with E-state index in [9.17, 15) is 10.2 Å². The van der Waals surface area contributed by atoms with Crippen molar-refractivity contribution in [3.8, 4) is 11.5 Å². The van der Waals surface area contributed by atoms with Gasteiger partial charge in [0.05, 0.1) is 0 Å². The highest BCUT2D eigenvalue weighted by molar-refractivity contribution is 5.49. The molecule has 0 spiro atoms. The first-order valence-electron chi connectivity index (χ1n) is 10.8. The van der Waals surface area contributed by atoms with Gasteiger partial charge in [-0.3, -0.25) is 0 Å². The van der Waals surface area contributed by atoms with Crippen molar-refractivity contribution < 1.29 is 10.2 Å². The van der Waals surface area contributed by atoms with Crippen LogP contribution in [0.1, 0.15) is 103 Å². The van der Waals surface area contributed by atoms with Crippen LogP contribution in [0.3, 0.4) is 0 Å². The van der Waals surface area contributed by atoms with Crippen LogP contribution < -0.4 is 0 Å². The van der Waals surface area contributed by atoms with E-state index in [2.05, 4.69) is 27.7 Å². The lowest BCUT2D eigenvalue weighted by Gasteiger charge is -2.22. The number of hydrogen-bond acceptors (Lipinski definition) is 2. The van der Waals surface area contributed by atoms with Crippen molar-refractivity contribution in [1.82, 2.24) is 0 Å². The lowest BCUT2D eigenvalue weighted by molar-refractivity contribution is 0.309. The summed E-state index contributed by atoms with van der Waals surface area (Å²) in [5.74, 6) is 0.141. The van der Waals surface area contributed by atoms with Crippen molar-refractivity contribution >= 4 is 0 Å². The summed E-state index contributed by atoms with van der Waals surface area (Å²) >= 11 is 0. The van der Waals surface area contributed by atoms with E-state index in [1.807, 2.05) is 6.07 Å². The van der Waals surface area contributed by atoms with Gasteiger partial charge in [-0.2, -0.15) is 0 Å². The van der Waals surface area contributed by atoms with Gasteiger partial charge in [-0.1, -0.05) is 59.4 Å². The number of aryl methyl sites for hydroxylation is 1. The highest BCUT2D eigenvalue weighted by Crippen LogP contribution is 2.49. The minimum Gasteiger partial charge on any atom is -0.504 e. The fourth-order valence-electron chi connectivity index (χ4n) is 3.77. The zero-order valence-electron chi connectivity index (χ0n) is 17.5. The predicted molar refractivity (Wildman–Crippen MR) is 111 cm³/mol. The van der Waals surface area contributed by atoms with Crippen molar-refractivity contribution in [2.75, 3.05) is 0 Å². The normalized spacial score (nSPS) is 16.0. The molecule has 0 aliphatic heterocycles. The Morgan fingerprint density at radius 1 is 0.962 bits per heavy atom. The molecule has 0 heterocycles. The fraction of sp³-hybridized carbons (Fsp3) is 0.750. The van der Waals surface area contributed by atoms with E-state index in [1.165, 1.54) is 63.4 Å². The van der Waals surface area contributed by atoms with Gasteiger partial charge in [-0.25, -0.2) is 0 Å². The summed E-state index contributed by atoms with van der Waals surface area (Å²) in [4.78, 5) is 0. The summed E-state index contributed by atoms with van der Waals surface area (Å²) in [6, 6.07) is 3.67. The SMILES string of the molecule is CCC(C)(C)CCCCc1c(CCCCCC2(C)CC2)ccc(O)c1O. The summed E-state index contributed by atoms with van der Waals surface area (Å²) in [5.41, 5.74) is 3.27. The van der Waals surface area contributed by atoms with Crippen LogP contribution in [0.2, 0.25) is 0 Å². The van der Waals surface area contributed by atoms with Gasteiger partial charge >= 0.3 is 0 Å². The van der Waals surface area contributed by atoms with Gasteiger partial charge < -0.3 is 10.2 Å². The number of unbranched alkanes of at least 4 members (excludes halogenated alkanes) is 3. The maximum absolute atomic E-state index is 10.4. The maximum Gasteiger partial charge on any atom is 0.160 e. The Morgan fingerprint density at radius 2 is 1.65 bits per heavy atom. The second-order valence-electron chi connectivity index (χ2n) is 9.67. The van der Waals surface area contributed by atoms with Crippen LogP contribution in [0.5, 0.6) is 11.5 Å². The van der Waals surface area contributed by atoms with E-state index in [0.29, 0.717) is 10.8 Å². The molecule has 148 valence electrons. The van der Waals surface area contributed by atoms with Crippen LogP contribution in [-0.4, -0.2) is 10.2 Å². The number of phenolic OH excluding ortho intramolecular Hbond substituents is 2. The Kier molecular flexibility index (Phi) is 7.43. The monoisotopic (exact) mass is 360 g/mol. The number of aromatic hydroxyl groups is 2. The highest BCUT2D eigenvalue weighted by atomic mass is 16.3. The Labute approximate surface area is 161 Å². The molecule has 1 aliphatic rings. The third kappa shape index (κ3) is 6.52. The van der Waals surface area contributed by atoms with Gasteiger partial charge in [0, 0.05) is 5.56 Å². The molecule has 0 saturated heterocycles. The molecule has 0 atom stereocenters. The van der Waals surface area contributed by atoms with E-state index < -0.39 is 0 Å². The average molecular weight is 361 g/mol. The lowest BCUT2D eigenvalue weighted by Crippen LogP contribution is -2.09. The van der Waals surface area contributed by atoms with Crippen LogP contribution in [0.4, 0.5) is 0 Å². The molecule has 0 radical (unpaired) electrons. The summed E-state index contributed by atoms with van der Waals surface area (Å²) in [7, 11) is 0. The molecule has 1 aromatic rings. The van der Waals surface area contributed by atoms with Crippen LogP contribution in [-0.2, 0) is 12.8 Å². The Balaban J connectivity index is 1.82. The van der Waals surface area contributed by atoms with Gasteiger partial charge in [0.1, 0.15) is 0 Å². The first-order valence-corrected chi connectivity index (χ1v) is 10.8. The molecule has 0 amide bonds. The zero-order valence-corrected chi connectivity index (χ0v) is 17.5. The van der Waals surface area contributed by atoms with Crippen molar-refractivity contribution in [2.45, 2.75) is 105 Å². The number of hydrogen-bond donors (Lipinski definition) is 2. The van der Waals surface area contributed by atoms with Crippen molar-refractivity contribution in [1.29, 1.82) is 0 Å². The molecule has 1 aliphatic carbocycles. The van der Waals surface area contributed by atoms with Crippen LogP contribution in [0.25, 0.3) is 0 Å². The van der Waals surface area contributed by atoms with Crippen LogP contribution >= 0.6 is 0 Å². The molecule has 0 unspecified atom stereocenters. The molecular weight excluding hydrogens is 320 g/mol. The van der Waals surface area contributed by atoms with E-state index >= 15 is 0 Å². The third-order valence-corrected chi connectivity index (χ3v) is 6.68. The van der Waals surface area contributed by atoms with Gasteiger partial charge in [0.25, 0.3) is 0 Å². The first kappa shape index (κ1) is 21.1. The summed E-state index contributed by atoms with van der Waals surface area (Å²) < 4.78 is 0. The molecule has 1 aromatic carbocycles. The third-order valence-electron chi connectivity index (χ3n) is 6.68. The molecule has 1 saturated carbocycles. The first-order chi connectivity index (χ1) is 12.3. The molecule has 2 N–H and O–H groups in total. The van der Waals surface area contributed by atoms with E-state index in [4.69, 9.17) is 0 Å². The molecule has 2 rings (SSSR count). The number of phenols is 2. The number of benzene rings is 1. The van der Waals surface area contributed by atoms with E-state index in [-0.39, 0.29) is 11.5 Å². The van der Waals surface area contributed by atoms with E-state index in [1.54, 1.807) is 6.07 Å². The van der Waals surface area contributed by atoms with Crippen molar-refractivity contribution in [2.24, 2.45) is 10.8 Å². The van der Waals surface area contributed by atoms with Crippen LogP contribution in [0.15, 0.2) is 12.1 Å². The minimum atomic E-state index is 0.0271. The van der Waals surface area contributed by atoms with Crippen molar-refractivity contribution in [3.63, 3.8) is 0 Å². The topological polar surface area (TPSA) is 40.5 Å². The van der Waals surface area contributed by atoms with Gasteiger partial charge in [0.2, 0.25) is 0 Å². The van der Waals surface area contributed by atoms with Crippen LogP contribution in [0, 0.1) is 10.8 Å². The highest BCUT2D eigenvalue weighted by Gasteiger charge is 2.35. The predicted octanol–water partition coefficient (Wildman–Crippen LogP) is 7.15. The Hall–Kier alpha value is -1.18. The van der Waals surface area contributed by atoms with E-state index in [0.717, 1.165) is 24.8 Å². The molecule has 2 heteroatoms. The Morgan fingerprint density at radius 3 is 2.31 bits per heavy atom. The second kappa shape index (κ2) is 9.15. The maximum atomic E-state index is 10.4. The molecule has 0 aromatic heterocycles. The number of rotatable bonds is 12. The van der Waals surface area contributed by atoms with Gasteiger partial charge in [-0.15, -0.1) is 0 Å². The molecule has 1 fully saturated rings. The summed E-state index contributed by atoms with van der Waals surface area (Å²) in [6.07, 6.45) is 14.5. The van der Waals surface area contributed by atoms with Crippen molar-refractivity contribution in [3.05, 3.63) is 23.3 Å². The molecule has 26 heavy (non-hydrogen) atoms. The smallest absolute Gasteiger partial charge is 0.160 e. The largest absolute Gasteiger partial charge is 0.504 e. The standard InChI is InChI=1S/C24H40O2/c1-5-23(2,3)15-10-8-12-20-19(13-14-21(25)22(20)26)11-7-6-9-16-24(4)17-18-24/h13-14,25-26H,5-12,15-18H2,1-4H3. The van der Waals surface area contributed by atoms with Gasteiger partial charge in [0.15, 0.2) is 11.5 Å².